The first kappa shape index (κ1) is 15.8. The SMILES string of the molecule is CCN1CCCC(NC(=O)C2CCCC(CCN)C2)C1. The first-order valence-electron chi connectivity index (χ1n) is 8.45. The van der Waals surface area contributed by atoms with E-state index in [1.807, 2.05) is 0 Å². The summed E-state index contributed by atoms with van der Waals surface area (Å²) >= 11 is 0. The molecule has 2 aliphatic rings. The molecule has 0 spiro atoms. The fraction of sp³-hybridized carbons (Fsp3) is 0.938. The highest BCUT2D eigenvalue weighted by atomic mass is 16.1. The van der Waals surface area contributed by atoms with Crippen molar-refractivity contribution in [1.82, 2.24) is 10.2 Å². The van der Waals surface area contributed by atoms with E-state index in [0.29, 0.717) is 17.9 Å². The van der Waals surface area contributed by atoms with Gasteiger partial charge in [0.05, 0.1) is 0 Å². The number of piperidine rings is 1. The van der Waals surface area contributed by atoms with E-state index in [-0.39, 0.29) is 5.92 Å². The van der Waals surface area contributed by atoms with Crippen LogP contribution in [0.25, 0.3) is 0 Å². The number of carbonyl (C=O) groups is 1. The summed E-state index contributed by atoms with van der Waals surface area (Å²) in [5, 5.41) is 3.30. The van der Waals surface area contributed by atoms with Crippen molar-refractivity contribution < 1.29 is 4.79 Å². The number of nitrogens with zero attached hydrogens (tertiary/aromatic N) is 1. The highest BCUT2D eigenvalue weighted by Crippen LogP contribution is 2.31. The molecule has 116 valence electrons. The average molecular weight is 281 g/mol. The van der Waals surface area contributed by atoms with E-state index in [0.717, 1.165) is 45.3 Å². The Balaban J connectivity index is 1.78. The predicted octanol–water partition coefficient (Wildman–Crippen LogP) is 1.74. The van der Waals surface area contributed by atoms with E-state index in [9.17, 15) is 4.79 Å². The lowest BCUT2D eigenvalue weighted by Gasteiger charge is -2.34. The van der Waals surface area contributed by atoms with Crippen molar-refractivity contribution in [2.24, 2.45) is 17.6 Å². The number of carbonyl (C=O) groups excluding carboxylic acids is 1. The maximum atomic E-state index is 12.5. The number of hydrogen-bond donors (Lipinski definition) is 2. The molecule has 3 unspecified atom stereocenters. The van der Waals surface area contributed by atoms with Gasteiger partial charge in [-0.25, -0.2) is 0 Å². The number of nitrogens with one attached hydrogen (secondary N) is 1. The second-order valence-corrected chi connectivity index (χ2v) is 6.55. The van der Waals surface area contributed by atoms with E-state index in [1.165, 1.54) is 25.8 Å². The van der Waals surface area contributed by atoms with Gasteiger partial charge in [0.1, 0.15) is 0 Å². The van der Waals surface area contributed by atoms with Crippen LogP contribution in [0.2, 0.25) is 0 Å². The molecule has 0 bridgehead atoms. The van der Waals surface area contributed by atoms with Crippen LogP contribution in [0.4, 0.5) is 0 Å². The lowest BCUT2D eigenvalue weighted by Crippen LogP contribution is -2.49. The summed E-state index contributed by atoms with van der Waals surface area (Å²) in [6, 6.07) is 0.367. The molecule has 1 amide bonds. The van der Waals surface area contributed by atoms with Gasteiger partial charge in [0.15, 0.2) is 0 Å². The molecular formula is C16H31N3O. The van der Waals surface area contributed by atoms with E-state index in [2.05, 4.69) is 17.1 Å². The molecule has 0 radical (unpaired) electrons. The number of likely N-dealkylation sites (tertiary alicyclic amines) is 1. The molecule has 20 heavy (non-hydrogen) atoms. The molecule has 1 aliphatic carbocycles. The smallest absolute Gasteiger partial charge is 0.223 e. The van der Waals surface area contributed by atoms with Gasteiger partial charge in [0, 0.05) is 18.5 Å². The zero-order valence-corrected chi connectivity index (χ0v) is 12.9. The Morgan fingerprint density at radius 1 is 1.30 bits per heavy atom. The van der Waals surface area contributed by atoms with Crippen LogP contribution in [0.1, 0.15) is 51.9 Å². The van der Waals surface area contributed by atoms with Gasteiger partial charge in [-0.3, -0.25) is 4.79 Å². The van der Waals surface area contributed by atoms with Crippen LogP contribution in [0.3, 0.4) is 0 Å². The zero-order chi connectivity index (χ0) is 14.4. The lowest BCUT2D eigenvalue weighted by atomic mass is 9.79. The van der Waals surface area contributed by atoms with Crippen molar-refractivity contribution in [3.05, 3.63) is 0 Å². The number of likely N-dealkylation sites (N-methyl/N-ethyl adjacent to an activating group) is 1. The maximum Gasteiger partial charge on any atom is 0.223 e. The monoisotopic (exact) mass is 281 g/mol. The predicted molar refractivity (Wildman–Crippen MR) is 82.4 cm³/mol. The number of nitrogens with two attached hydrogens (primary N) is 1. The molecule has 4 nitrogen and oxygen atoms in total. The second-order valence-electron chi connectivity index (χ2n) is 6.55. The highest BCUT2D eigenvalue weighted by molar-refractivity contribution is 5.79. The van der Waals surface area contributed by atoms with Crippen molar-refractivity contribution in [2.75, 3.05) is 26.2 Å². The van der Waals surface area contributed by atoms with Crippen molar-refractivity contribution in [1.29, 1.82) is 0 Å². The Morgan fingerprint density at radius 3 is 2.90 bits per heavy atom. The minimum Gasteiger partial charge on any atom is -0.352 e. The fourth-order valence-electron chi connectivity index (χ4n) is 3.81. The van der Waals surface area contributed by atoms with Crippen molar-refractivity contribution in [3.8, 4) is 0 Å². The van der Waals surface area contributed by atoms with E-state index >= 15 is 0 Å². The van der Waals surface area contributed by atoms with Crippen molar-refractivity contribution in [3.63, 3.8) is 0 Å². The standard InChI is InChI=1S/C16H31N3O/c1-2-19-10-4-7-15(12-19)18-16(20)14-6-3-5-13(11-14)8-9-17/h13-15H,2-12,17H2,1H3,(H,18,20). The van der Waals surface area contributed by atoms with Crippen LogP contribution in [0, 0.1) is 11.8 Å². The van der Waals surface area contributed by atoms with E-state index in [1.54, 1.807) is 0 Å². The van der Waals surface area contributed by atoms with Gasteiger partial charge in [-0.15, -0.1) is 0 Å². The molecule has 3 N–H and O–H groups in total. The molecule has 0 aromatic carbocycles. The Bertz CT molecular complexity index is 306. The van der Waals surface area contributed by atoms with Crippen molar-refractivity contribution in [2.45, 2.75) is 57.9 Å². The Morgan fingerprint density at radius 2 is 2.15 bits per heavy atom. The quantitative estimate of drug-likeness (QED) is 0.807. The summed E-state index contributed by atoms with van der Waals surface area (Å²) in [5.74, 6) is 1.20. The third-order valence-electron chi connectivity index (χ3n) is 5.03. The minimum absolute atomic E-state index is 0.234. The van der Waals surface area contributed by atoms with Crippen LogP contribution in [0.5, 0.6) is 0 Å². The molecule has 2 rings (SSSR count). The van der Waals surface area contributed by atoms with Gasteiger partial charge in [0.25, 0.3) is 0 Å². The van der Waals surface area contributed by atoms with Crippen molar-refractivity contribution >= 4 is 5.91 Å². The molecular weight excluding hydrogens is 250 g/mol. The lowest BCUT2D eigenvalue weighted by molar-refractivity contribution is -0.127. The van der Waals surface area contributed by atoms with E-state index in [4.69, 9.17) is 5.73 Å². The molecule has 0 aromatic heterocycles. The fourth-order valence-corrected chi connectivity index (χ4v) is 3.81. The number of hydrogen-bond acceptors (Lipinski definition) is 3. The average Bonchev–Trinajstić information content (AvgIpc) is 2.48. The van der Waals surface area contributed by atoms with Crippen LogP contribution in [-0.2, 0) is 4.79 Å². The van der Waals surface area contributed by atoms with Crippen LogP contribution >= 0.6 is 0 Å². The van der Waals surface area contributed by atoms with Crippen LogP contribution in [0.15, 0.2) is 0 Å². The molecule has 1 heterocycles. The van der Waals surface area contributed by atoms with Gasteiger partial charge in [-0.1, -0.05) is 19.8 Å². The topological polar surface area (TPSA) is 58.4 Å². The Labute approximate surface area is 123 Å². The summed E-state index contributed by atoms with van der Waals surface area (Å²) in [6.07, 6.45) is 7.99. The van der Waals surface area contributed by atoms with Gasteiger partial charge in [-0.2, -0.15) is 0 Å². The number of rotatable bonds is 5. The zero-order valence-electron chi connectivity index (χ0n) is 12.9. The molecule has 1 saturated heterocycles. The van der Waals surface area contributed by atoms with Crippen LogP contribution < -0.4 is 11.1 Å². The largest absolute Gasteiger partial charge is 0.352 e. The molecule has 2 fully saturated rings. The third-order valence-corrected chi connectivity index (χ3v) is 5.03. The van der Waals surface area contributed by atoms with Gasteiger partial charge in [0.2, 0.25) is 5.91 Å². The normalized spacial score (nSPS) is 32.0. The summed E-state index contributed by atoms with van der Waals surface area (Å²) in [4.78, 5) is 14.9. The summed E-state index contributed by atoms with van der Waals surface area (Å²) in [5.41, 5.74) is 5.65. The van der Waals surface area contributed by atoms with Crippen LogP contribution in [-0.4, -0.2) is 43.0 Å². The summed E-state index contributed by atoms with van der Waals surface area (Å²) < 4.78 is 0. The van der Waals surface area contributed by atoms with Gasteiger partial charge >= 0.3 is 0 Å². The molecule has 3 atom stereocenters. The Hall–Kier alpha value is -0.610. The highest BCUT2D eigenvalue weighted by Gasteiger charge is 2.29. The summed E-state index contributed by atoms with van der Waals surface area (Å²) in [6.45, 7) is 6.26. The molecule has 1 saturated carbocycles. The first-order valence-corrected chi connectivity index (χ1v) is 8.45. The maximum absolute atomic E-state index is 12.5. The van der Waals surface area contributed by atoms with Gasteiger partial charge < -0.3 is 16.0 Å². The van der Waals surface area contributed by atoms with E-state index < -0.39 is 0 Å². The summed E-state index contributed by atoms with van der Waals surface area (Å²) in [7, 11) is 0. The minimum atomic E-state index is 0.234. The first-order chi connectivity index (χ1) is 9.72. The molecule has 4 heteroatoms. The third kappa shape index (κ3) is 4.45. The number of amides is 1. The molecule has 0 aromatic rings. The molecule has 1 aliphatic heterocycles. The van der Waals surface area contributed by atoms with Gasteiger partial charge in [-0.05, 0) is 57.7 Å². The Kier molecular flexibility index (Phi) is 6.30. The second kappa shape index (κ2) is 7.99.